The summed E-state index contributed by atoms with van der Waals surface area (Å²) in [5, 5.41) is 18.4. The zero-order valence-electron chi connectivity index (χ0n) is 16.3. The van der Waals surface area contributed by atoms with Crippen molar-refractivity contribution < 1.29 is 9.72 Å². The Bertz CT molecular complexity index is 1040. The summed E-state index contributed by atoms with van der Waals surface area (Å²) in [6.07, 6.45) is 0. The number of rotatable bonds is 5. The molecule has 7 nitrogen and oxygen atoms in total. The third-order valence-corrected chi connectivity index (χ3v) is 4.33. The standard InChI is InChI=1S/C21H22N4O3/c1-13(2)22-21(26)20-12-18(16-7-9-17(10-8-16)25(27)28)23-24(20)19-11-14(3)5-6-15(19)4/h5-13H,1-4H3,(H,22,26). The fraction of sp³-hybridized carbons (Fsp3) is 0.238. The predicted octanol–water partition coefficient (Wildman–Crippen LogP) is 4.20. The maximum absolute atomic E-state index is 12.8. The van der Waals surface area contributed by atoms with Crippen LogP contribution in [0.15, 0.2) is 48.5 Å². The Morgan fingerprint density at radius 2 is 1.79 bits per heavy atom. The topological polar surface area (TPSA) is 90.1 Å². The van der Waals surface area contributed by atoms with E-state index in [1.54, 1.807) is 22.9 Å². The molecule has 2 aromatic carbocycles. The summed E-state index contributed by atoms with van der Waals surface area (Å²) in [6, 6.07) is 13.8. The van der Waals surface area contributed by atoms with E-state index in [1.807, 2.05) is 45.9 Å². The largest absolute Gasteiger partial charge is 0.349 e. The number of nitrogens with zero attached hydrogens (tertiary/aromatic N) is 3. The number of nitro groups is 1. The van der Waals surface area contributed by atoms with Gasteiger partial charge in [0.15, 0.2) is 0 Å². The Balaban J connectivity index is 2.13. The maximum atomic E-state index is 12.8. The molecule has 0 bridgehead atoms. The van der Waals surface area contributed by atoms with Gasteiger partial charge >= 0.3 is 0 Å². The van der Waals surface area contributed by atoms with Gasteiger partial charge in [-0.1, -0.05) is 12.1 Å². The first-order valence-corrected chi connectivity index (χ1v) is 8.99. The van der Waals surface area contributed by atoms with Gasteiger partial charge in [-0.3, -0.25) is 14.9 Å². The van der Waals surface area contributed by atoms with Crippen LogP contribution >= 0.6 is 0 Å². The zero-order chi connectivity index (χ0) is 20.4. The van der Waals surface area contributed by atoms with Crippen LogP contribution in [0.1, 0.15) is 35.5 Å². The fourth-order valence-electron chi connectivity index (χ4n) is 2.91. The highest BCUT2D eigenvalue weighted by atomic mass is 16.6. The summed E-state index contributed by atoms with van der Waals surface area (Å²) in [5.74, 6) is -0.225. The minimum absolute atomic E-state index is 0.00971. The van der Waals surface area contributed by atoms with Crippen LogP contribution in [0.25, 0.3) is 16.9 Å². The number of hydrogen-bond donors (Lipinski definition) is 1. The molecule has 28 heavy (non-hydrogen) atoms. The minimum atomic E-state index is -0.444. The lowest BCUT2D eigenvalue weighted by molar-refractivity contribution is -0.384. The summed E-state index contributed by atoms with van der Waals surface area (Å²) < 4.78 is 1.64. The van der Waals surface area contributed by atoms with Crippen LogP contribution in [0.4, 0.5) is 5.69 Å². The van der Waals surface area contributed by atoms with Gasteiger partial charge in [-0.2, -0.15) is 5.10 Å². The lowest BCUT2D eigenvalue weighted by Crippen LogP contribution is -2.31. The summed E-state index contributed by atoms with van der Waals surface area (Å²) in [4.78, 5) is 23.2. The molecule has 0 unspecified atom stereocenters. The SMILES string of the molecule is Cc1ccc(C)c(-n2nc(-c3ccc([N+](=O)[O-])cc3)cc2C(=O)NC(C)C)c1. The highest BCUT2D eigenvalue weighted by Crippen LogP contribution is 2.25. The van der Waals surface area contributed by atoms with Crippen molar-refractivity contribution >= 4 is 11.6 Å². The lowest BCUT2D eigenvalue weighted by Gasteiger charge is -2.12. The van der Waals surface area contributed by atoms with Crippen molar-refractivity contribution in [2.45, 2.75) is 33.7 Å². The number of carbonyl (C=O) groups excluding carboxylic acids is 1. The van der Waals surface area contributed by atoms with Crippen LogP contribution < -0.4 is 5.32 Å². The van der Waals surface area contributed by atoms with E-state index in [4.69, 9.17) is 0 Å². The van der Waals surface area contributed by atoms with Crippen LogP contribution in [-0.4, -0.2) is 26.7 Å². The van der Waals surface area contributed by atoms with E-state index in [9.17, 15) is 14.9 Å². The molecule has 1 aromatic heterocycles. The van der Waals surface area contributed by atoms with Crippen molar-refractivity contribution in [3.63, 3.8) is 0 Å². The number of nitro benzene ring substituents is 1. The lowest BCUT2D eigenvalue weighted by atomic mass is 10.1. The number of carbonyl (C=O) groups is 1. The maximum Gasteiger partial charge on any atom is 0.270 e. The van der Waals surface area contributed by atoms with Crippen LogP contribution in [0, 0.1) is 24.0 Å². The van der Waals surface area contributed by atoms with Gasteiger partial charge in [-0.15, -0.1) is 0 Å². The van der Waals surface area contributed by atoms with Crippen molar-refractivity contribution in [1.82, 2.24) is 15.1 Å². The quantitative estimate of drug-likeness (QED) is 0.532. The normalized spacial score (nSPS) is 10.9. The smallest absolute Gasteiger partial charge is 0.270 e. The van der Waals surface area contributed by atoms with Crippen molar-refractivity contribution in [2.75, 3.05) is 0 Å². The van der Waals surface area contributed by atoms with Crippen molar-refractivity contribution in [1.29, 1.82) is 0 Å². The molecule has 0 aliphatic rings. The van der Waals surface area contributed by atoms with E-state index < -0.39 is 4.92 Å². The fourth-order valence-corrected chi connectivity index (χ4v) is 2.91. The predicted molar refractivity (Wildman–Crippen MR) is 108 cm³/mol. The van der Waals surface area contributed by atoms with Crippen LogP contribution in [0.5, 0.6) is 0 Å². The second kappa shape index (κ2) is 7.64. The molecule has 0 saturated heterocycles. The molecule has 0 radical (unpaired) electrons. The monoisotopic (exact) mass is 378 g/mol. The Labute approximate surface area is 163 Å². The average molecular weight is 378 g/mol. The molecule has 3 aromatic rings. The molecule has 0 aliphatic heterocycles. The van der Waals surface area contributed by atoms with E-state index in [2.05, 4.69) is 10.4 Å². The molecule has 3 rings (SSSR count). The molecule has 7 heteroatoms. The minimum Gasteiger partial charge on any atom is -0.349 e. The Kier molecular flexibility index (Phi) is 5.26. The summed E-state index contributed by atoms with van der Waals surface area (Å²) in [7, 11) is 0. The van der Waals surface area contributed by atoms with Crippen molar-refractivity contribution in [3.05, 3.63) is 75.5 Å². The molecule has 0 atom stereocenters. The first-order valence-electron chi connectivity index (χ1n) is 8.99. The van der Waals surface area contributed by atoms with E-state index >= 15 is 0 Å². The Hall–Kier alpha value is -3.48. The Morgan fingerprint density at radius 3 is 2.39 bits per heavy atom. The van der Waals surface area contributed by atoms with Gasteiger partial charge in [-0.25, -0.2) is 4.68 Å². The zero-order valence-corrected chi connectivity index (χ0v) is 16.3. The first-order chi connectivity index (χ1) is 13.3. The third-order valence-electron chi connectivity index (χ3n) is 4.33. The van der Waals surface area contributed by atoms with Crippen molar-refractivity contribution in [3.8, 4) is 16.9 Å². The molecule has 0 aliphatic carbocycles. The molecule has 1 N–H and O–H groups in total. The Morgan fingerprint density at radius 1 is 1.11 bits per heavy atom. The van der Waals surface area contributed by atoms with Gasteiger partial charge in [0, 0.05) is 23.7 Å². The van der Waals surface area contributed by atoms with E-state index in [0.29, 0.717) is 17.0 Å². The molecule has 1 heterocycles. The first kappa shape index (κ1) is 19.3. The second-order valence-electron chi connectivity index (χ2n) is 7.05. The van der Waals surface area contributed by atoms with Gasteiger partial charge in [-0.05, 0) is 63.1 Å². The molecule has 0 spiro atoms. The molecular weight excluding hydrogens is 356 g/mol. The number of amides is 1. The summed E-state index contributed by atoms with van der Waals surface area (Å²) in [5.41, 5.74) is 4.57. The number of aryl methyl sites for hydroxylation is 2. The molecular formula is C21H22N4O3. The van der Waals surface area contributed by atoms with Gasteiger partial charge in [0.05, 0.1) is 16.3 Å². The molecule has 0 saturated carbocycles. The van der Waals surface area contributed by atoms with Crippen LogP contribution in [0.2, 0.25) is 0 Å². The number of aromatic nitrogens is 2. The molecule has 0 fully saturated rings. The van der Waals surface area contributed by atoms with Crippen LogP contribution in [0.3, 0.4) is 0 Å². The highest BCUT2D eigenvalue weighted by molar-refractivity contribution is 5.94. The van der Waals surface area contributed by atoms with Crippen LogP contribution in [-0.2, 0) is 0 Å². The van der Waals surface area contributed by atoms with E-state index in [1.165, 1.54) is 12.1 Å². The van der Waals surface area contributed by atoms with Gasteiger partial charge in [0.2, 0.25) is 0 Å². The van der Waals surface area contributed by atoms with E-state index in [0.717, 1.165) is 16.8 Å². The van der Waals surface area contributed by atoms with Gasteiger partial charge in [0.25, 0.3) is 11.6 Å². The van der Waals surface area contributed by atoms with E-state index in [-0.39, 0.29) is 17.6 Å². The average Bonchev–Trinajstić information content (AvgIpc) is 3.08. The van der Waals surface area contributed by atoms with Crippen molar-refractivity contribution in [2.24, 2.45) is 0 Å². The highest BCUT2D eigenvalue weighted by Gasteiger charge is 2.19. The van der Waals surface area contributed by atoms with Gasteiger partial charge < -0.3 is 5.32 Å². The summed E-state index contributed by atoms with van der Waals surface area (Å²) >= 11 is 0. The number of benzene rings is 2. The molecule has 144 valence electrons. The number of nitrogens with one attached hydrogen (secondary N) is 1. The number of hydrogen-bond acceptors (Lipinski definition) is 4. The number of non-ortho nitro benzene ring substituents is 1. The van der Waals surface area contributed by atoms with Gasteiger partial charge in [0.1, 0.15) is 5.69 Å². The molecule has 1 amide bonds. The second-order valence-corrected chi connectivity index (χ2v) is 7.05. The third kappa shape index (κ3) is 3.93. The summed E-state index contributed by atoms with van der Waals surface area (Å²) in [6.45, 7) is 7.74.